The van der Waals surface area contributed by atoms with Crippen LogP contribution in [0.4, 0.5) is 11.4 Å². The normalized spacial score (nSPS) is 11.3. The summed E-state index contributed by atoms with van der Waals surface area (Å²) in [5, 5.41) is 26.3. The molecule has 0 bridgehead atoms. The van der Waals surface area contributed by atoms with Crippen molar-refractivity contribution in [1.82, 2.24) is 4.98 Å². The Kier molecular flexibility index (Phi) is 5.30. The van der Waals surface area contributed by atoms with Crippen molar-refractivity contribution in [2.75, 3.05) is 5.32 Å². The van der Waals surface area contributed by atoms with Gasteiger partial charge in [0, 0.05) is 34.8 Å². The van der Waals surface area contributed by atoms with Gasteiger partial charge in [-0.25, -0.2) is 9.78 Å². The van der Waals surface area contributed by atoms with Gasteiger partial charge in [-0.3, -0.25) is 10.1 Å². The Bertz CT molecular complexity index is 1450. The number of rotatable bonds is 5. The van der Waals surface area contributed by atoms with E-state index in [1.165, 1.54) is 29.7 Å². The molecule has 2 heterocycles. The largest absolute Gasteiger partial charge is 0.422 e. The van der Waals surface area contributed by atoms with Crippen LogP contribution in [0, 0.1) is 28.4 Å². The van der Waals surface area contributed by atoms with Gasteiger partial charge in [0.2, 0.25) is 0 Å². The molecule has 4 rings (SSSR count). The fourth-order valence-corrected chi connectivity index (χ4v) is 3.76. The molecule has 0 aliphatic rings. The highest BCUT2D eigenvalue weighted by molar-refractivity contribution is 7.11. The van der Waals surface area contributed by atoms with E-state index in [9.17, 15) is 20.2 Å². The number of hydrogen-bond donors (Lipinski definition) is 1. The lowest BCUT2D eigenvalue weighted by Gasteiger charge is -2.05. The van der Waals surface area contributed by atoms with E-state index in [4.69, 9.17) is 4.42 Å². The summed E-state index contributed by atoms with van der Waals surface area (Å²) < 4.78 is 5.36. The Morgan fingerprint density at radius 2 is 2.10 bits per heavy atom. The van der Waals surface area contributed by atoms with E-state index in [1.54, 1.807) is 36.6 Å². The fraction of sp³-hybridized carbons (Fsp3) is 0.0455. The maximum Gasteiger partial charge on any atom is 0.345 e. The monoisotopic (exact) mass is 430 g/mol. The Morgan fingerprint density at radius 3 is 2.84 bits per heavy atom. The van der Waals surface area contributed by atoms with Crippen LogP contribution in [0.15, 0.2) is 69.3 Å². The SMILES string of the molecule is Cc1cc([N+](=O)[O-])ccc1N/C=C(\C#N)c1nc(-c2cc3ccccc3oc2=O)cs1. The van der Waals surface area contributed by atoms with E-state index in [0.717, 1.165) is 5.39 Å². The number of nitrogens with one attached hydrogen (secondary N) is 1. The summed E-state index contributed by atoms with van der Waals surface area (Å²) in [5.41, 5.74) is 2.28. The fourth-order valence-electron chi connectivity index (χ4n) is 2.98. The molecule has 31 heavy (non-hydrogen) atoms. The second-order valence-corrected chi connectivity index (χ2v) is 7.45. The number of nitro benzene ring substituents is 1. The average molecular weight is 430 g/mol. The lowest BCUT2D eigenvalue weighted by atomic mass is 10.1. The minimum atomic E-state index is -0.502. The van der Waals surface area contributed by atoms with E-state index in [1.807, 2.05) is 12.1 Å². The number of aromatic nitrogens is 1. The van der Waals surface area contributed by atoms with Crippen LogP contribution in [0.25, 0.3) is 27.8 Å². The van der Waals surface area contributed by atoms with Crippen LogP contribution in [-0.2, 0) is 0 Å². The summed E-state index contributed by atoms with van der Waals surface area (Å²) in [4.78, 5) is 27.2. The maximum atomic E-state index is 12.4. The summed E-state index contributed by atoms with van der Waals surface area (Å²) >= 11 is 1.23. The first-order chi connectivity index (χ1) is 15.0. The number of nitriles is 1. The molecule has 2 aromatic carbocycles. The third-order valence-corrected chi connectivity index (χ3v) is 5.44. The molecule has 0 saturated carbocycles. The van der Waals surface area contributed by atoms with Crippen molar-refractivity contribution < 1.29 is 9.34 Å². The number of thiazole rings is 1. The van der Waals surface area contributed by atoms with Crippen molar-refractivity contribution in [1.29, 1.82) is 5.26 Å². The van der Waals surface area contributed by atoms with Gasteiger partial charge in [-0.2, -0.15) is 5.26 Å². The summed E-state index contributed by atoms with van der Waals surface area (Å²) in [7, 11) is 0. The van der Waals surface area contributed by atoms with Crippen molar-refractivity contribution >= 4 is 39.3 Å². The molecule has 8 nitrogen and oxygen atoms in total. The molecule has 0 aliphatic heterocycles. The summed E-state index contributed by atoms with van der Waals surface area (Å²) in [5.74, 6) is 0. The molecule has 1 N–H and O–H groups in total. The van der Waals surface area contributed by atoms with Gasteiger partial charge >= 0.3 is 5.63 Å². The molecular weight excluding hydrogens is 416 g/mol. The average Bonchev–Trinajstić information content (AvgIpc) is 3.24. The first kappa shape index (κ1) is 20.0. The third kappa shape index (κ3) is 4.05. The van der Waals surface area contributed by atoms with Gasteiger partial charge in [0.15, 0.2) is 0 Å². The second-order valence-electron chi connectivity index (χ2n) is 6.59. The molecular formula is C22H14N4O4S. The Labute approximate surface area is 179 Å². The Hall–Kier alpha value is -4.29. The topological polar surface area (TPSA) is 122 Å². The number of nitro groups is 1. The molecule has 4 aromatic rings. The van der Waals surface area contributed by atoms with Gasteiger partial charge in [0.25, 0.3) is 5.69 Å². The zero-order chi connectivity index (χ0) is 22.0. The number of nitrogens with zero attached hydrogens (tertiary/aromatic N) is 3. The highest BCUT2D eigenvalue weighted by Gasteiger charge is 2.14. The van der Waals surface area contributed by atoms with E-state index in [2.05, 4.69) is 16.4 Å². The second kappa shape index (κ2) is 8.22. The summed E-state index contributed by atoms with van der Waals surface area (Å²) in [6.45, 7) is 1.73. The molecule has 0 atom stereocenters. The molecule has 0 saturated heterocycles. The highest BCUT2D eigenvalue weighted by Crippen LogP contribution is 2.27. The lowest BCUT2D eigenvalue weighted by molar-refractivity contribution is -0.384. The zero-order valence-electron chi connectivity index (χ0n) is 16.2. The van der Waals surface area contributed by atoms with Crippen molar-refractivity contribution in [3.8, 4) is 17.3 Å². The van der Waals surface area contributed by atoms with E-state index >= 15 is 0 Å². The van der Waals surface area contributed by atoms with Crippen molar-refractivity contribution in [3.63, 3.8) is 0 Å². The predicted molar refractivity (Wildman–Crippen MR) is 119 cm³/mol. The summed E-state index contributed by atoms with van der Waals surface area (Å²) in [6, 6.07) is 15.4. The van der Waals surface area contributed by atoms with Gasteiger partial charge in [-0.15, -0.1) is 11.3 Å². The maximum absolute atomic E-state index is 12.4. The molecule has 152 valence electrons. The number of para-hydroxylation sites is 1. The van der Waals surface area contributed by atoms with Crippen LogP contribution in [0.5, 0.6) is 0 Å². The molecule has 9 heteroatoms. The van der Waals surface area contributed by atoms with Crippen LogP contribution in [0.1, 0.15) is 10.6 Å². The standard InChI is InChI=1S/C22H14N4O4S/c1-13-8-16(26(28)29)6-7-18(13)24-11-15(10-23)21-25-19(12-31-21)17-9-14-4-2-3-5-20(14)30-22(17)27/h2-9,11-12,24H,1H3/b15-11+. The molecule has 0 aliphatic carbocycles. The van der Waals surface area contributed by atoms with Gasteiger partial charge in [0.05, 0.1) is 16.2 Å². The van der Waals surface area contributed by atoms with Crippen LogP contribution in [0.3, 0.4) is 0 Å². The Balaban J connectivity index is 1.63. The molecule has 2 aromatic heterocycles. The van der Waals surface area contributed by atoms with Crippen LogP contribution in [-0.4, -0.2) is 9.91 Å². The van der Waals surface area contributed by atoms with Crippen molar-refractivity contribution in [2.24, 2.45) is 0 Å². The number of benzene rings is 2. The van der Waals surface area contributed by atoms with E-state index in [0.29, 0.717) is 33.1 Å². The number of anilines is 1. The van der Waals surface area contributed by atoms with E-state index < -0.39 is 10.5 Å². The number of aryl methyl sites for hydroxylation is 1. The quantitative estimate of drug-likeness (QED) is 0.202. The minimum Gasteiger partial charge on any atom is -0.422 e. The van der Waals surface area contributed by atoms with Crippen LogP contribution < -0.4 is 10.9 Å². The first-order valence-electron chi connectivity index (χ1n) is 9.07. The van der Waals surface area contributed by atoms with Crippen LogP contribution >= 0.6 is 11.3 Å². The molecule has 0 amide bonds. The minimum absolute atomic E-state index is 0.00804. The predicted octanol–water partition coefficient (Wildman–Crippen LogP) is 5.11. The van der Waals surface area contributed by atoms with Gasteiger partial charge < -0.3 is 9.73 Å². The van der Waals surface area contributed by atoms with Gasteiger partial charge in [0.1, 0.15) is 22.2 Å². The highest BCUT2D eigenvalue weighted by atomic mass is 32.1. The molecule has 0 radical (unpaired) electrons. The first-order valence-corrected chi connectivity index (χ1v) is 9.95. The van der Waals surface area contributed by atoms with Gasteiger partial charge in [-0.05, 0) is 30.7 Å². The number of fused-ring (bicyclic) bond motifs is 1. The number of non-ortho nitro benzene ring substituents is 1. The molecule has 0 unspecified atom stereocenters. The van der Waals surface area contributed by atoms with E-state index in [-0.39, 0.29) is 11.3 Å². The molecule has 0 fully saturated rings. The summed E-state index contributed by atoms with van der Waals surface area (Å²) in [6.07, 6.45) is 1.49. The lowest BCUT2D eigenvalue weighted by Crippen LogP contribution is -2.02. The number of allylic oxidation sites excluding steroid dienone is 1. The molecule has 0 spiro atoms. The van der Waals surface area contributed by atoms with Gasteiger partial charge in [-0.1, -0.05) is 18.2 Å². The Morgan fingerprint density at radius 1 is 1.29 bits per heavy atom. The zero-order valence-corrected chi connectivity index (χ0v) is 17.0. The van der Waals surface area contributed by atoms with Crippen LogP contribution in [0.2, 0.25) is 0 Å². The van der Waals surface area contributed by atoms with Crippen molar-refractivity contribution in [3.05, 3.63) is 91.2 Å². The smallest absolute Gasteiger partial charge is 0.345 e. The third-order valence-electron chi connectivity index (χ3n) is 4.57. The van der Waals surface area contributed by atoms with Crippen molar-refractivity contribution in [2.45, 2.75) is 6.92 Å². The number of hydrogen-bond acceptors (Lipinski definition) is 8.